The molecule has 1 N–H and O–H groups in total. The number of nitrogens with zero attached hydrogens (tertiary/aromatic N) is 1. The molecule has 1 aliphatic rings. The van der Waals surface area contributed by atoms with Gasteiger partial charge in [-0.25, -0.2) is 0 Å². The lowest BCUT2D eigenvalue weighted by atomic mass is 9.91. The molecule has 1 aliphatic carbocycles. The Bertz CT molecular complexity index is 1220. The van der Waals surface area contributed by atoms with E-state index in [0.717, 1.165) is 29.7 Å². The van der Waals surface area contributed by atoms with E-state index in [0.29, 0.717) is 17.6 Å². The fourth-order valence-electron chi connectivity index (χ4n) is 5.09. The molecule has 3 nitrogen and oxygen atoms in total. The van der Waals surface area contributed by atoms with Crippen molar-refractivity contribution >= 4 is 0 Å². The minimum absolute atomic E-state index is 0.435. The quantitative estimate of drug-likeness (QED) is 0.282. The first-order chi connectivity index (χ1) is 16.6. The number of rotatable bonds is 9. The highest BCUT2D eigenvalue weighted by Gasteiger charge is 2.42. The monoisotopic (exact) mass is 451 g/mol. The first-order valence-corrected chi connectivity index (χ1v) is 12.5. The van der Waals surface area contributed by atoms with Crippen LogP contribution in [0.1, 0.15) is 67.5 Å². The van der Waals surface area contributed by atoms with Gasteiger partial charge in [-0.3, -0.25) is 0 Å². The Labute approximate surface area is 202 Å². The number of aromatic nitrogens is 1. The second-order valence-corrected chi connectivity index (χ2v) is 9.69. The molecule has 5 rings (SSSR count). The first-order valence-electron chi connectivity index (χ1n) is 12.5. The maximum absolute atomic E-state index is 11.0. The molecule has 1 aromatic heterocycles. The van der Waals surface area contributed by atoms with Gasteiger partial charge in [0.25, 0.3) is 0 Å². The van der Waals surface area contributed by atoms with Gasteiger partial charge < -0.3 is 9.63 Å². The van der Waals surface area contributed by atoms with Crippen LogP contribution in [0.2, 0.25) is 0 Å². The molecule has 1 fully saturated rings. The smallest absolute Gasteiger partial charge is 0.172 e. The minimum atomic E-state index is -0.592. The summed E-state index contributed by atoms with van der Waals surface area (Å²) in [6, 6.07) is 27.9. The molecule has 0 aliphatic heterocycles. The van der Waals surface area contributed by atoms with Gasteiger partial charge in [0.15, 0.2) is 5.76 Å². The van der Waals surface area contributed by atoms with E-state index in [1.54, 1.807) is 0 Å². The predicted octanol–water partition coefficient (Wildman–Crippen LogP) is 7.81. The van der Waals surface area contributed by atoms with Crippen molar-refractivity contribution in [2.75, 3.05) is 0 Å². The Kier molecular flexibility index (Phi) is 6.38. The molecule has 34 heavy (non-hydrogen) atoms. The zero-order valence-electron chi connectivity index (χ0n) is 20.1. The van der Waals surface area contributed by atoms with Crippen molar-refractivity contribution in [3.63, 3.8) is 0 Å². The number of aryl methyl sites for hydroxylation is 2. The summed E-state index contributed by atoms with van der Waals surface area (Å²) in [6.45, 7) is 4.20. The highest BCUT2D eigenvalue weighted by molar-refractivity contribution is 5.70. The van der Waals surface area contributed by atoms with Crippen LogP contribution in [0.25, 0.3) is 22.5 Å². The van der Waals surface area contributed by atoms with Gasteiger partial charge in [-0.15, -0.1) is 0 Å². The van der Waals surface area contributed by atoms with Crippen LogP contribution in [0.15, 0.2) is 83.4 Å². The molecule has 4 aromatic rings. The molecule has 0 amide bonds. The van der Waals surface area contributed by atoms with Gasteiger partial charge in [-0.05, 0) is 73.1 Å². The van der Waals surface area contributed by atoms with Crippen LogP contribution in [0.5, 0.6) is 0 Å². The van der Waals surface area contributed by atoms with Crippen LogP contribution < -0.4 is 0 Å². The predicted molar refractivity (Wildman–Crippen MR) is 138 cm³/mol. The van der Waals surface area contributed by atoms with Crippen LogP contribution in [-0.2, 0) is 11.8 Å². The molecule has 0 bridgehead atoms. The number of hydrogen-bond acceptors (Lipinski definition) is 3. The Balaban J connectivity index is 1.29. The molecule has 1 saturated carbocycles. The highest BCUT2D eigenvalue weighted by atomic mass is 16.5. The number of aliphatic hydroxyl groups excluding tert-OH is 1. The van der Waals surface area contributed by atoms with Crippen molar-refractivity contribution in [3.05, 3.63) is 101 Å². The number of hydrogen-bond donors (Lipinski definition) is 1. The second-order valence-electron chi connectivity index (χ2n) is 9.69. The zero-order valence-corrected chi connectivity index (χ0v) is 20.1. The van der Waals surface area contributed by atoms with E-state index in [1.807, 2.05) is 13.0 Å². The molecule has 3 aromatic carbocycles. The van der Waals surface area contributed by atoms with Crippen LogP contribution in [0.3, 0.4) is 0 Å². The van der Waals surface area contributed by atoms with Gasteiger partial charge in [0.2, 0.25) is 0 Å². The molecule has 1 unspecified atom stereocenters. The third-order valence-electron chi connectivity index (χ3n) is 7.54. The third-order valence-corrected chi connectivity index (χ3v) is 7.54. The summed E-state index contributed by atoms with van der Waals surface area (Å²) in [5.74, 6) is 0.672. The summed E-state index contributed by atoms with van der Waals surface area (Å²) in [5, 5.41) is 15.1. The average molecular weight is 452 g/mol. The normalized spacial score (nSPS) is 15.3. The van der Waals surface area contributed by atoms with Crippen molar-refractivity contribution in [1.82, 2.24) is 5.16 Å². The van der Waals surface area contributed by atoms with E-state index in [2.05, 4.69) is 84.9 Å². The minimum Gasteiger partial charge on any atom is -0.388 e. The molecule has 174 valence electrons. The largest absolute Gasteiger partial charge is 0.388 e. The van der Waals surface area contributed by atoms with Crippen LogP contribution in [0, 0.1) is 6.92 Å². The van der Waals surface area contributed by atoms with Crippen molar-refractivity contribution in [1.29, 1.82) is 0 Å². The lowest BCUT2D eigenvalue weighted by molar-refractivity contribution is 0.164. The van der Waals surface area contributed by atoms with Crippen molar-refractivity contribution in [3.8, 4) is 22.5 Å². The summed E-state index contributed by atoms with van der Waals surface area (Å²) in [4.78, 5) is 0. The van der Waals surface area contributed by atoms with E-state index < -0.39 is 6.10 Å². The SMILES string of the molecule is CCC1(c2ccc(-c3ccc(-c4onc(C)c4C(O)CCCc4ccccc4)cc3)cc2)CC1. The molecule has 3 heteroatoms. The summed E-state index contributed by atoms with van der Waals surface area (Å²) in [6.07, 6.45) is 5.79. The first kappa shape index (κ1) is 22.6. The molecule has 0 saturated heterocycles. The Morgan fingerprint density at radius 3 is 2.12 bits per heavy atom. The van der Waals surface area contributed by atoms with E-state index in [1.165, 1.54) is 41.5 Å². The van der Waals surface area contributed by atoms with Gasteiger partial charge in [0.05, 0.1) is 17.4 Å². The topological polar surface area (TPSA) is 46.3 Å². The van der Waals surface area contributed by atoms with Crippen molar-refractivity contribution in [2.45, 2.75) is 63.9 Å². The fourth-order valence-corrected chi connectivity index (χ4v) is 5.09. The lowest BCUT2D eigenvalue weighted by Crippen LogP contribution is -2.03. The Morgan fingerprint density at radius 2 is 1.50 bits per heavy atom. The average Bonchev–Trinajstić information content (AvgIpc) is 3.59. The molecule has 1 heterocycles. The number of benzene rings is 3. The van der Waals surface area contributed by atoms with Gasteiger partial charge in [0.1, 0.15) is 0 Å². The summed E-state index contributed by atoms with van der Waals surface area (Å²) < 4.78 is 5.68. The summed E-state index contributed by atoms with van der Waals surface area (Å²) >= 11 is 0. The summed E-state index contributed by atoms with van der Waals surface area (Å²) in [7, 11) is 0. The second kappa shape index (κ2) is 9.60. The molecule has 1 atom stereocenters. The van der Waals surface area contributed by atoms with Crippen LogP contribution in [0.4, 0.5) is 0 Å². The maximum Gasteiger partial charge on any atom is 0.172 e. The Hall–Kier alpha value is -3.17. The zero-order chi connectivity index (χ0) is 23.5. The van der Waals surface area contributed by atoms with Crippen molar-refractivity contribution in [2.24, 2.45) is 0 Å². The lowest BCUT2D eigenvalue weighted by Gasteiger charge is -2.14. The molecule has 0 radical (unpaired) electrons. The molecule has 0 spiro atoms. The van der Waals surface area contributed by atoms with Gasteiger partial charge in [-0.1, -0.05) is 90.9 Å². The third kappa shape index (κ3) is 4.58. The van der Waals surface area contributed by atoms with Crippen molar-refractivity contribution < 1.29 is 9.63 Å². The van der Waals surface area contributed by atoms with Gasteiger partial charge >= 0.3 is 0 Å². The molecular weight excluding hydrogens is 418 g/mol. The standard InChI is InChI=1S/C31H33NO2/c1-3-31(20-21-31)27-18-16-25(17-19-27)24-12-14-26(15-13-24)30-29(22(2)32-34-30)28(33)11-7-10-23-8-5-4-6-9-23/h4-6,8-9,12-19,28,33H,3,7,10-11,20-21H2,1-2H3. The molecular formula is C31H33NO2. The highest BCUT2D eigenvalue weighted by Crippen LogP contribution is 2.51. The Morgan fingerprint density at radius 1 is 0.882 bits per heavy atom. The van der Waals surface area contributed by atoms with E-state index in [4.69, 9.17) is 4.52 Å². The van der Waals surface area contributed by atoms with Gasteiger partial charge in [-0.2, -0.15) is 0 Å². The van der Waals surface area contributed by atoms with Gasteiger partial charge in [0, 0.05) is 5.56 Å². The maximum atomic E-state index is 11.0. The van der Waals surface area contributed by atoms with E-state index in [9.17, 15) is 5.11 Å². The van der Waals surface area contributed by atoms with E-state index >= 15 is 0 Å². The fraction of sp³-hybridized carbons (Fsp3) is 0.323. The number of aliphatic hydroxyl groups is 1. The van der Waals surface area contributed by atoms with Crippen LogP contribution in [-0.4, -0.2) is 10.3 Å². The summed E-state index contributed by atoms with van der Waals surface area (Å²) in [5.41, 5.74) is 8.11. The van der Waals surface area contributed by atoms with Crippen LogP contribution >= 0.6 is 0 Å². The van der Waals surface area contributed by atoms with E-state index in [-0.39, 0.29) is 0 Å².